The second kappa shape index (κ2) is 5.58. The molecule has 118 valence electrons. The molecular weight excluding hydrogens is 306 g/mol. The van der Waals surface area contributed by atoms with Crippen molar-refractivity contribution in [3.05, 3.63) is 36.4 Å². The summed E-state index contributed by atoms with van der Waals surface area (Å²) in [5, 5.41) is 3.39. The van der Waals surface area contributed by atoms with Gasteiger partial charge < -0.3 is 4.74 Å². The van der Waals surface area contributed by atoms with E-state index in [0.29, 0.717) is 16.5 Å². The Kier molecular flexibility index (Phi) is 4.12. The summed E-state index contributed by atoms with van der Waals surface area (Å²) in [5.41, 5.74) is -0.244. The maximum absolute atomic E-state index is 11.9. The summed E-state index contributed by atoms with van der Waals surface area (Å²) in [4.78, 5) is 11.6. The maximum atomic E-state index is 11.9. The Morgan fingerprint density at radius 3 is 2.23 bits per heavy atom. The van der Waals surface area contributed by atoms with E-state index in [-0.39, 0.29) is 4.90 Å². The number of carbonyl (C=O) groups excluding carboxylic acids is 1. The van der Waals surface area contributed by atoms with Crippen molar-refractivity contribution < 1.29 is 22.5 Å². The lowest BCUT2D eigenvalue weighted by Gasteiger charge is -2.20. The van der Waals surface area contributed by atoms with Gasteiger partial charge in [-0.3, -0.25) is 9.87 Å². The predicted molar refractivity (Wildman–Crippen MR) is 83.6 cm³/mol. The summed E-state index contributed by atoms with van der Waals surface area (Å²) < 4.78 is 37.3. The van der Waals surface area contributed by atoms with Crippen molar-refractivity contribution >= 4 is 32.7 Å². The van der Waals surface area contributed by atoms with Crippen LogP contribution in [0.4, 0.5) is 10.5 Å². The first kappa shape index (κ1) is 16.3. The number of nitrogens with one attached hydrogen (secondary N) is 1. The highest BCUT2D eigenvalue weighted by molar-refractivity contribution is 7.86. The van der Waals surface area contributed by atoms with Crippen LogP contribution in [-0.4, -0.2) is 24.7 Å². The van der Waals surface area contributed by atoms with Crippen LogP contribution in [0.5, 0.6) is 0 Å². The fourth-order valence-corrected chi connectivity index (χ4v) is 2.71. The van der Waals surface area contributed by atoms with Crippen LogP contribution in [0.25, 0.3) is 10.8 Å². The Bertz CT molecular complexity index is 821. The lowest BCUT2D eigenvalue weighted by molar-refractivity contribution is 0.0636. The fourth-order valence-electron chi connectivity index (χ4n) is 2.02. The molecule has 0 atom stereocenters. The van der Waals surface area contributed by atoms with Crippen molar-refractivity contribution in [3.8, 4) is 0 Å². The van der Waals surface area contributed by atoms with E-state index in [4.69, 9.17) is 4.74 Å². The molecule has 22 heavy (non-hydrogen) atoms. The van der Waals surface area contributed by atoms with E-state index < -0.39 is 21.8 Å². The molecule has 0 unspecified atom stereocenters. The molecule has 6 nitrogen and oxygen atoms in total. The van der Waals surface area contributed by atoms with E-state index in [2.05, 4.69) is 5.32 Å². The first-order valence-electron chi connectivity index (χ1n) is 6.57. The molecule has 0 radical (unpaired) electrons. The van der Waals surface area contributed by atoms with E-state index in [1.54, 1.807) is 45.0 Å². The first-order valence-corrected chi connectivity index (χ1v) is 8.01. The Balaban J connectivity index is 2.48. The lowest BCUT2D eigenvalue weighted by Crippen LogP contribution is -2.27. The van der Waals surface area contributed by atoms with Gasteiger partial charge in [0, 0.05) is 10.8 Å². The smallest absolute Gasteiger partial charge is 0.412 e. The zero-order valence-electron chi connectivity index (χ0n) is 12.5. The number of benzene rings is 2. The first-order chi connectivity index (χ1) is 10.1. The maximum Gasteiger partial charge on any atom is 0.412 e. The number of hydrogen-bond acceptors (Lipinski definition) is 4. The third-order valence-corrected chi connectivity index (χ3v) is 3.71. The highest BCUT2D eigenvalue weighted by Gasteiger charge is 2.19. The van der Waals surface area contributed by atoms with Gasteiger partial charge in [-0.05, 0) is 32.9 Å². The van der Waals surface area contributed by atoms with Gasteiger partial charge in [0.2, 0.25) is 0 Å². The summed E-state index contributed by atoms with van der Waals surface area (Å²) in [6.07, 6.45) is -0.641. The highest BCUT2D eigenvalue weighted by atomic mass is 32.2. The number of hydrogen-bond donors (Lipinski definition) is 2. The lowest BCUT2D eigenvalue weighted by atomic mass is 10.1. The average molecular weight is 323 g/mol. The molecule has 0 fully saturated rings. The molecule has 0 saturated carbocycles. The van der Waals surface area contributed by atoms with Gasteiger partial charge >= 0.3 is 6.09 Å². The molecule has 0 heterocycles. The third-order valence-electron chi connectivity index (χ3n) is 2.80. The van der Waals surface area contributed by atoms with Gasteiger partial charge in [-0.2, -0.15) is 8.42 Å². The van der Waals surface area contributed by atoms with Gasteiger partial charge in [0.25, 0.3) is 10.1 Å². The van der Waals surface area contributed by atoms with Crippen LogP contribution < -0.4 is 5.32 Å². The van der Waals surface area contributed by atoms with Gasteiger partial charge in [-0.15, -0.1) is 0 Å². The van der Waals surface area contributed by atoms with Crippen molar-refractivity contribution in [2.24, 2.45) is 0 Å². The number of rotatable bonds is 2. The number of carbonyl (C=O) groups is 1. The van der Waals surface area contributed by atoms with Gasteiger partial charge in [0.1, 0.15) is 10.5 Å². The third kappa shape index (κ3) is 3.75. The molecule has 2 aromatic carbocycles. The van der Waals surface area contributed by atoms with Crippen molar-refractivity contribution in [1.29, 1.82) is 0 Å². The van der Waals surface area contributed by atoms with Crippen molar-refractivity contribution in [2.45, 2.75) is 31.3 Å². The quantitative estimate of drug-likeness (QED) is 0.826. The van der Waals surface area contributed by atoms with Crippen molar-refractivity contribution in [2.75, 3.05) is 5.32 Å². The molecule has 2 N–H and O–H groups in total. The largest absolute Gasteiger partial charge is 0.444 e. The van der Waals surface area contributed by atoms with Gasteiger partial charge in [-0.1, -0.05) is 24.3 Å². The molecule has 2 rings (SSSR count). The molecule has 0 aliphatic carbocycles. The van der Waals surface area contributed by atoms with Crippen LogP contribution in [0, 0.1) is 0 Å². The standard InChI is InChI=1S/C15H17NO5S/c1-15(2,3)21-14(17)16-12-8-9-13(22(18,19)20)11-7-5-4-6-10(11)12/h4-9H,1-3H3,(H,16,17)(H,18,19,20). The van der Waals surface area contributed by atoms with E-state index in [1.807, 2.05) is 0 Å². The summed E-state index contributed by atoms with van der Waals surface area (Å²) in [7, 11) is -4.35. The molecule has 1 amide bonds. The van der Waals surface area contributed by atoms with E-state index in [9.17, 15) is 17.8 Å². The Morgan fingerprint density at radius 2 is 1.68 bits per heavy atom. The number of ether oxygens (including phenoxy) is 1. The second-order valence-corrected chi connectivity index (χ2v) is 7.15. The minimum Gasteiger partial charge on any atom is -0.444 e. The molecule has 0 aromatic heterocycles. The van der Waals surface area contributed by atoms with Crippen molar-refractivity contribution in [1.82, 2.24) is 0 Å². The van der Waals surface area contributed by atoms with Crippen molar-refractivity contribution in [3.63, 3.8) is 0 Å². The molecule has 0 aliphatic rings. The monoisotopic (exact) mass is 323 g/mol. The van der Waals surface area contributed by atoms with Crippen LogP contribution in [0.1, 0.15) is 20.8 Å². The molecule has 0 aliphatic heterocycles. The number of amides is 1. The fraction of sp³-hybridized carbons (Fsp3) is 0.267. The Morgan fingerprint density at radius 1 is 1.09 bits per heavy atom. The van der Waals surface area contributed by atoms with Crippen LogP contribution >= 0.6 is 0 Å². The van der Waals surface area contributed by atoms with Crippen LogP contribution in [0.2, 0.25) is 0 Å². The number of anilines is 1. The molecule has 0 bridgehead atoms. The van der Waals surface area contributed by atoms with Gasteiger partial charge in [0.05, 0.1) is 5.69 Å². The van der Waals surface area contributed by atoms with E-state index >= 15 is 0 Å². The highest BCUT2D eigenvalue weighted by Crippen LogP contribution is 2.29. The minimum atomic E-state index is -4.35. The Labute approximate surface area is 128 Å². The molecule has 7 heteroatoms. The number of fused-ring (bicyclic) bond motifs is 1. The normalized spacial score (nSPS) is 12.2. The topological polar surface area (TPSA) is 92.7 Å². The second-order valence-electron chi connectivity index (χ2n) is 5.76. The van der Waals surface area contributed by atoms with Gasteiger partial charge in [0.15, 0.2) is 0 Å². The zero-order chi connectivity index (χ0) is 16.5. The van der Waals surface area contributed by atoms with E-state index in [0.717, 1.165) is 0 Å². The molecule has 0 spiro atoms. The summed E-state index contributed by atoms with van der Waals surface area (Å²) in [6.45, 7) is 5.23. The van der Waals surface area contributed by atoms with Crippen LogP contribution in [0.15, 0.2) is 41.3 Å². The van der Waals surface area contributed by atoms with Gasteiger partial charge in [-0.25, -0.2) is 4.79 Å². The SMILES string of the molecule is CC(C)(C)OC(=O)Nc1ccc(S(=O)(=O)O)c2ccccc12. The predicted octanol–water partition coefficient (Wildman–Crippen LogP) is 3.43. The minimum absolute atomic E-state index is 0.210. The summed E-state index contributed by atoms with van der Waals surface area (Å²) >= 11 is 0. The molecule has 0 saturated heterocycles. The summed E-state index contributed by atoms with van der Waals surface area (Å²) in [6, 6.07) is 9.21. The van der Waals surface area contributed by atoms with E-state index in [1.165, 1.54) is 12.1 Å². The van der Waals surface area contributed by atoms with Crippen LogP contribution in [0.3, 0.4) is 0 Å². The average Bonchev–Trinajstić information content (AvgIpc) is 2.35. The molecule has 2 aromatic rings. The zero-order valence-corrected chi connectivity index (χ0v) is 13.3. The molecular formula is C15H17NO5S. The van der Waals surface area contributed by atoms with Crippen LogP contribution in [-0.2, 0) is 14.9 Å². The summed E-state index contributed by atoms with van der Waals surface area (Å²) in [5.74, 6) is 0. The Hall–Kier alpha value is -2.12.